The minimum atomic E-state index is 0.579. The van der Waals surface area contributed by atoms with Crippen LogP contribution in [0.15, 0.2) is 0 Å². The van der Waals surface area contributed by atoms with E-state index >= 15 is 0 Å². The molecule has 1 saturated heterocycles. The number of rotatable bonds is 2. The molecular weight excluding hydrogens is 215 g/mol. The van der Waals surface area contributed by atoms with Gasteiger partial charge in [0.05, 0.1) is 12.7 Å². The van der Waals surface area contributed by atoms with Crippen molar-refractivity contribution in [3.8, 4) is 0 Å². The zero-order valence-electron chi connectivity index (χ0n) is 5.23. The molecule has 0 aromatic heterocycles. The molecule has 0 amide bonds. The molecule has 0 spiro atoms. The molecule has 2 atom stereocenters. The normalized spacial score (nSPS) is 30.8. The Morgan fingerprint density at radius 2 is 2.12 bits per heavy atom. The predicted octanol–water partition coefficient (Wildman–Crippen LogP) is 1.84. The molecule has 1 fully saturated rings. The molecule has 0 radical (unpaired) electrons. The van der Waals surface area contributed by atoms with Crippen LogP contribution < -0.4 is 0 Å². The topological polar surface area (TPSA) is 12.5 Å². The molecule has 0 aliphatic carbocycles. The van der Waals surface area contributed by atoms with E-state index in [4.69, 9.17) is 4.74 Å². The van der Waals surface area contributed by atoms with E-state index in [2.05, 4.69) is 36.4 Å². The van der Waals surface area contributed by atoms with Crippen molar-refractivity contribution in [2.24, 2.45) is 5.92 Å². The summed E-state index contributed by atoms with van der Waals surface area (Å²) in [5, 5.41) is 0. The number of hydrogen-bond donors (Lipinski definition) is 0. The highest BCUT2D eigenvalue weighted by atomic mass is 127. The first kappa shape index (κ1) is 6.81. The second-order valence-electron chi connectivity index (χ2n) is 2.56. The van der Waals surface area contributed by atoms with Gasteiger partial charge in [-0.3, -0.25) is 0 Å². The summed E-state index contributed by atoms with van der Waals surface area (Å²) in [6.45, 7) is 5.46. The van der Waals surface area contributed by atoms with Crippen molar-refractivity contribution < 1.29 is 4.74 Å². The Morgan fingerprint density at radius 1 is 1.62 bits per heavy atom. The lowest BCUT2D eigenvalue weighted by atomic mass is 10.1. The summed E-state index contributed by atoms with van der Waals surface area (Å²) in [7, 11) is 0. The molecule has 0 N–H and O–H groups in total. The molecule has 8 heavy (non-hydrogen) atoms. The third kappa shape index (κ3) is 1.58. The average molecular weight is 226 g/mol. The van der Waals surface area contributed by atoms with Crippen molar-refractivity contribution in [1.29, 1.82) is 0 Å². The van der Waals surface area contributed by atoms with Crippen LogP contribution in [-0.4, -0.2) is 16.6 Å². The van der Waals surface area contributed by atoms with Crippen LogP contribution in [0.25, 0.3) is 0 Å². The predicted molar refractivity (Wildman–Crippen MR) is 42.4 cm³/mol. The summed E-state index contributed by atoms with van der Waals surface area (Å²) < 4.78 is 5.85. The van der Waals surface area contributed by atoms with Gasteiger partial charge in [0, 0.05) is 3.92 Å². The van der Waals surface area contributed by atoms with Gasteiger partial charge < -0.3 is 4.74 Å². The molecule has 0 aromatic carbocycles. The molecule has 1 aliphatic heterocycles. The van der Waals surface area contributed by atoms with Gasteiger partial charge in [-0.1, -0.05) is 36.4 Å². The highest BCUT2D eigenvalue weighted by Gasteiger charge is 2.32. The monoisotopic (exact) mass is 226 g/mol. The number of ether oxygens (including phenoxy) is 1. The third-order valence-electron chi connectivity index (χ3n) is 1.35. The van der Waals surface area contributed by atoms with E-state index in [1.165, 1.54) is 0 Å². The molecule has 0 aromatic rings. The summed E-state index contributed by atoms with van der Waals surface area (Å²) in [5.74, 6) is 0.767. The summed E-state index contributed by atoms with van der Waals surface area (Å²) >= 11 is 2.46. The first-order chi connectivity index (χ1) is 3.72. The van der Waals surface area contributed by atoms with E-state index in [9.17, 15) is 0 Å². The van der Waals surface area contributed by atoms with Crippen molar-refractivity contribution in [2.75, 3.05) is 6.61 Å². The highest BCUT2D eigenvalue weighted by Crippen LogP contribution is 2.26. The van der Waals surface area contributed by atoms with Crippen LogP contribution in [0.5, 0.6) is 0 Å². The largest absolute Gasteiger partial charge is 0.372 e. The third-order valence-corrected chi connectivity index (χ3v) is 3.59. The molecule has 1 heterocycles. The Kier molecular flexibility index (Phi) is 2.14. The van der Waals surface area contributed by atoms with Gasteiger partial charge in [-0.05, 0) is 5.92 Å². The highest BCUT2D eigenvalue weighted by molar-refractivity contribution is 14.1. The summed E-state index contributed by atoms with van der Waals surface area (Å²) in [5.41, 5.74) is 0. The van der Waals surface area contributed by atoms with Crippen molar-refractivity contribution >= 4 is 22.6 Å². The maximum atomic E-state index is 5.12. The number of epoxide rings is 1. The zero-order chi connectivity index (χ0) is 6.15. The second-order valence-corrected chi connectivity index (χ2v) is 4.00. The molecule has 2 heteroatoms. The van der Waals surface area contributed by atoms with Crippen LogP contribution in [0.4, 0.5) is 0 Å². The fraction of sp³-hybridized carbons (Fsp3) is 1.00. The smallest absolute Gasteiger partial charge is 0.0929 e. The van der Waals surface area contributed by atoms with E-state index < -0.39 is 0 Å². The fourth-order valence-electron chi connectivity index (χ4n) is 0.669. The summed E-state index contributed by atoms with van der Waals surface area (Å²) in [6.07, 6.45) is 0.579. The maximum Gasteiger partial charge on any atom is 0.0929 e. The van der Waals surface area contributed by atoms with Gasteiger partial charge in [0.2, 0.25) is 0 Å². The van der Waals surface area contributed by atoms with Crippen molar-refractivity contribution in [3.05, 3.63) is 0 Å². The van der Waals surface area contributed by atoms with Crippen molar-refractivity contribution in [1.82, 2.24) is 0 Å². The molecule has 1 aliphatic rings. The second kappa shape index (κ2) is 2.52. The van der Waals surface area contributed by atoms with Crippen LogP contribution in [0.2, 0.25) is 0 Å². The Balaban J connectivity index is 2.22. The van der Waals surface area contributed by atoms with Crippen molar-refractivity contribution in [3.63, 3.8) is 0 Å². The first-order valence-electron chi connectivity index (χ1n) is 2.97. The quantitative estimate of drug-likeness (QED) is 0.397. The van der Waals surface area contributed by atoms with E-state index in [1.807, 2.05) is 0 Å². The Hall–Kier alpha value is 0.690. The number of alkyl halides is 1. The Morgan fingerprint density at radius 3 is 2.25 bits per heavy atom. The molecule has 1 rings (SSSR count). The Bertz CT molecular complexity index is 76.6. The Labute approximate surface area is 63.9 Å². The average Bonchev–Trinajstić information content (AvgIpc) is 2.43. The lowest BCUT2D eigenvalue weighted by Gasteiger charge is -2.08. The molecule has 0 bridgehead atoms. The minimum absolute atomic E-state index is 0.579. The van der Waals surface area contributed by atoms with E-state index in [0.29, 0.717) is 6.10 Å². The molecule has 1 nitrogen and oxygen atoms in total. The van der Waals surface area contributed by atoms with Crippen LogP contribution in [0.1, 0.15) is 13.8 Å². The molecule has 2 unspecified atom stereocenters. The van der Waals surface area contributed by atoms with Crippen LogP contribution in [0.3, 0.4) is 0 Å². The van der Waals surface area contributed by atoms with Crippen molar-refractivity contribution in [2.45, 2.75) is 23.9 Å². The van der Waals surface area contributed by atoms with E-state index in [0.717, 1.165) is 16.4 Å². The van der Waals surface area contributed by atoms with Gasteiger partial charge in [-0.2, -0.15) is 0 Å². The lowest BCUT2D eigenvalue weighted by Crippen LogP contribution is -2.13. The van der Waals surface area contributed by atoms with Crippen LogP contribution in [-0.2, 0) is 4.74 Å². The van der Waals surface area contributed by atoms with Crippen LogP contribution in [0, 0.1) is 5.92 Å². The SMILES string of the molecule is CC(C)C(I)C1CO1. The first-order valence-corrected chi connectivity index (χ1v) is 4.22. The van der Waals surface area contributed by atoms with Gasteiger partial charge in [-0.15, -0.1) is 0 Å². The van der Waals surface area contributed by atoms with Gasteiger partial charge in [-0.25, -0.2) is 0 Å². The number of halogens is 1. The summed E-state index contributed by atoms with van der Waals surface area (Å²) in [4.78, 5) is 0. The van der Waals surface area contributed by atoms with E-state index in [-0.39, 0.29) is 0 Å². The maximum absolute atomic E-state index is 5.12. The fourth-order valence-corrected chi connectivity index (χ4v) is 1.08. The van der Waals surface area contributed by atoms with Gasteiger partial charge in [0.15, 0.2) is 0 Å². The molecule has 0 saturated carbocycles. The standard InChI is InChI=1S/C6H11IO/c1-4(2)6(7)5-3-8-5/h4-6H,3H2,1-2H3. The minimum Gasteiger partial charge on any atom is -0.372 e. The van der Waals surface area contributed by atoms with Gasteiger partial charge in [0.1, 0.15) is 0 Å². The van der Waals surface area contributed by atoms with Gasteiger partial charge >= 0.3 is 0 Å². The lowest BCUT2D eigenvalue weighted by molar-refractivity contribution is 0.384. The van der Waals surface area contributed by atoms with Crippen LogP contribution >= 0.6 is 22.6 Å². The molecular formula is C6H11IO. The number of hydrogen-bond acceptors (Lipinski definition) is 1. The molecule has 48 valence electrons. The van der Waals surface area contributed by atoms with Gasteiger partial charge in [0.25, 0.3) is 0 Å². The van der Waals surface area contributed by atoms with E-state index in [1.54, 1.807) is 0 Å². The zero-order valence-corrected chi connectivity index (χ0v) is 7.38. The summed E-state index contributed by atoms with van der Waals surface area (Å²) in [6, 6.07) is 0.